The first-order valence-corrected chi connectivity index (χ1v) is 9.33. The molecule has 31 heavy (non-hydrogen) atoms. The Balaban J connectivity index is 1.45. The molecule has 2 heterocycles. The van der Waals surface area contributed by atoms with Crippen LogP contribution >= 0.6 is 0 Å². The lowest BCUT2D eigenvalue weighted by atomic mass is 10.1. The Labute approximate surface area is 177 Å². The van der Waals surface area contributed by atoms with Crippen molar-refractivity contribution < 1.29 is 19.2 Å². The van der Waals surface area contributed by atoms with Crippen molar-refractivity contribution in [2.75, 3.05) is 12.4 Å². The van der Waals surface area contributed by atoms with Gasteiger partial charge in [-0.1, -0.05) is 12.1 Å². The molecule has 0 aliphatic carbocycles. The van der Waals surface area contributed by atoms with Gasteiger partial charge in [0.15, 0.2) is 5.75 Å². The van der Waals surface area contributed by atoms with Crippen LogP contribution < -0.4 is 14.8 Å². The molecule has 0 fully saturated rings. The van der Waals surface area contributed by atoms with Gasteiger partial charge in [-0.05, 0) is 36.4 Å². The fourth-order valence-corrected chi connectivity index (χ4v) is 3.05. The summed E-state index contributed by atoms with van der Waals surface area (Å²) in [4.78, 5) is 27.6. The van der Waals surface area contributed by atoms with Gasteiger partial charge in [0, 0.05) is 35.8 Å². The first-order chi connectivity index (χ1) is 15.0. The molecule has 156 valence electrons. The maximum atomic E-state index is 12.6. The third-order valence-corrected chi connectivity index (χ3v) is 4.53. The molecular weight excluding hydrogens is 400 g/mol. The first-order valence-electron chi connectivity index (χ1n) is 9.33. The van der Waals surface area contributed by atoms with E-state index in [1.165, 1.54) is 25.3 Å². The third-order valence-electron chi connectivity index (χ3n) is 4.53. The first kappa shape index (κ1) is 19.9. The lowest BCUT2D eigenvalue weighted by molar-refractivity contribution is -0.385. The van der Waals surface area contributed by atoms with E-state index in [2.05, 4.69) is 10.3 Å². The van der Waals surface area contributed by atoms with Gasteiger partial charge in [0.1, 0.15) is 18.0 Å². The van der Waals surface area contributed by atoms with E-state index in [1.54, 1.807) is 24.3 Å². The molecule has 4 aromatic rings. The van der Waals surface area contributed by atoms with Gasteiger partial charge in [0.05, 0.1) is 17.7 Å². The van der Waals surface area contributed by atoms with Gasteiger partial charge < -0.3 is 19.2 Å². The fraction of sp³-hybridized carbons (Fsp3) is 0.0909. The molecule has 0 spiro atoms. The number of amides is 1. The van der Waals surface area contributed by atoms with Gasteiger partial charge in [-0.25, -0.2) is 4.98 Å². The van der Waals surface area contributed by atoms with E-state index in [4.69, 9.17) is 9.47 Å². The van der Waals surface area contributed by atoms with Crippen LogP contribution in [0.1, 0.15) is 16.1 Å². The molecule has 2 aromatic heterocycles. The third kappa shape index (κ3) is 4.45. The number of nitro groups is 1. The molecule has 0 bridgehead atoms. The number of fused-ring (bicyclic) bond motifs is 1. The number of nitrogens with zero attached hydrogens (tertiary/aromatic N) is 3. The van der Waals surface area contributed by atoms with E-state index in [9.17, 15) is 14.9 Å². The number of pyridine rings is 1. The summed E-state index contributed by atoms with van der Waals surface area (Å²) in [6.45, 7) is 0.268. The molecule has 0 aliphatic rings. The largest absolute Gasteiger partial charge is 0.490 e. The summed E-state index contributed by atoms with van der Waals surface area (Å²) < 4.78 is 12.7. The SMILES string of the molecule is COc1ccc(C(=O)Nc2cccc(OCc3cn4ccccc4n3)c2)cc1[N+](=O)[O-]. The molecule has 2 aromatic carbocycles. The number of hydrogen-bond donors (Lipinski definition) is 1. The van der Waals surface area contributed by atoms with E-state index in [1.807, 2.05) is 35.0 Å². The van der Waals surface area contributed by atoms with E-state index < -0.39 is 10.8 Å². The summed E-state index contributed by atoms with van der Waals surface area (Å²) in [5, 5.41) is 13.9. The van der Waals surface area contributed by atoms with Gasteiger partial charge >= 0.3 is 5.69 Å². The lowest BCUT2D eigenvalue weighted by Crippen LogP contribution is -2.12. The molecule has 1 N–H and O–H groups in total. The van der Waals surface area contributed by atoms with Crippen molar-refractivity contribution in [2.45, 2.75) is 6.61 Å². The second-order valence-electron chi connectivity index (χ2n) is 6.61. The number of anilines is 1. The summed E-state index contributed by atoms with van der Waals surface area (Å²) in [6.07, 6.45) is 3.79. The Morgan fingerprint density at radius 3 is 2.81 bits per heavy atom. The minimum atomic E-state index is -0.594. The fourth-order valence-electron chi connectivity index (χ4n) is 3.05. The Kier molecular flexibility index (Phi) is 5.48. The van der Waals surface area contributed by atoms with Crippen molar-refractivity contribution in [3.05, 3.63) is 94.4 Å². The number of carbonyl (C=O) groups is 1. The number of hydrogen-bond acceptors (Lipinski definition) is 6. The van der Waals surface area contributed by atoms with E-state index in [0.717, 1.165) is 11.3 Å². The van der Waals surface area contributed by atoms with Gasteiger partial charge in [0.25, 0.3) is 5.91 Å². The summed E-state index contributed by atoms with van der Waals surface area (Å²) >= 11 is 0. The summed E-state index contributed by atoms with van der Waals surface area (Å²) in [5.41, 5.74) is 1.96. The molecule has 0 radical (unpaired) electrons. The zero-order valence-electron chi connectivity index (χ0n) is 16.5. The Hall–Kier alpha value is -4.40. The van der Waals surface area contributed by atoms with Crippen LogP contribution in [0.4, 0.5) is 11.4 Å². The van der Waals surface area contributed by atoms with Crippen LogP contribution in [0.5, 0.6) is 11.5 Å². The highest BCUT2D eigenvalue weighted by Crippen LogP contribution is 2.28. The van der Waals surface area contributed by atoms with Crippen LogP contribution in [-0.2, 0) is 6.61 Å². The number of nitro benzene ring substituents is 1. The average Bonchev–Trinajstić information content (AvgIpc) is 3.20. The molecule has 9 heteroatoms. The minimum Gasteiger partial charge on any atom is -0.490 e. The number of nitrogens with one attached hydrogen (secondary N) is 1. The van der Waals surface area contributed by atoms with Gasteiger partial charge in [-0.3, -0.25) is 14.9 Å². The molecule has 0 aliphatic heterocycles. The number of ether oxygens (including phenoxy) is 2. The summed E-state index contributed by atoms with van der Waals surface area (Å²) in [5.74, 6) is 0.155. The highest BCUT2D eigenvalue weighted by atomic mass is 16.6. The molecule has 0 unspecified atom stereocenters. The van der Waals surface area contributed by atoms with Crippen LogP contribution in [0, 0.1) is 10.1 Å². The van der Waals surface area contributed by atoms with Crippen molar-refractivity contribution in [3.63, 3.8) is 0 Å². The lowest BCUT2D eigenvalue weighted by Gasteiger charge is -2.09. The highest BCUT2D eigenvalue weighted by Gasteiger charge is 2.18. The van der Waals surface area contributed by atoms with Crippen molar-refractivity contribution in [3.8, 4) is 11.5 Å². The zero-order valence-corrected chi connectivity index (χ0v) is 16.5. The maximum Gasteiger partial charge on any atom is 0.311 e. The van der Waals surface area contributed by atoms with Crippen LogP contribution in [0.25, 0.3) is 5.65 Å². The monoisotopic (exact) mass is 418 g/mol. The van der Waals surface area contributed by atoms with E-state index >= 15 is 0 Å². The maximum absolute atomic E-state index is 12.6. The van der Waals surface area contributed by atoms with Crippen molar-refractivity contribution in [2.24, 2.45) is 0 Å². The predicted octanol–water partition coefficient (Wildman–Crippen LogP) is 4.08. The topological polar surface area (TPSA) is 108 Å². The van der Waals surface area contributed by atoms with Crippen LogP contribution in [0.15, 0.2) is 73.1 Å². The standard InChI is InChI=1S/C22H18N4O5/c1-30-20-9-8-15(11-19(20)26(28)29)22(27)24-16-5-4-6-18(12-16)31-14-17-13-25-10-3-2-7-21(25)23-17/h2-13H,14H2,1H3,(H,24,27). The van der Waals surface area contributed by atoms with E-state index in [-0.39, 0.29) is 23.6 Å². The second kappa shape index (κ2) is 8.54. The van der Waals surface area contributed by atoms with Crippen molar-refractivity contribution in [1.82, 2.24) is 9.38 Å². The summed E-state index contributed by atoms with van der Waals surface area (Å²) in [6, 6.07) is 16.7. The molecule has 4 rings (SSSR count). The number of benzene rings is 2. The Morgan fingerprint density at radius 1 is 1.16 bits per heavy atom. The molecule has 0 saturated carbocycles. The normalized spacial score (nSPS) is 10.6. The average molecular weight is 418 g/mol. The van der Waals surface area contributed by atoms with Crippen LogP contribution in [0.3, 0.4) is 0 Å². The van der Waals surface area contributed by atoms with Crippen molar-refractivity contribution >= 4 is 22.9 Å². The van der Waals surface area contributed by atoms with Gasteiger partial charge in [-0.15, -0.1) is 0 Å². The highest BCUT2D eigenvalue weighted by molar-refractivity contribution is 6.04. The Bertz CT molecular complexity index is 1230. The molecule has 9 nitrogen and oxygen atoms in total. The predicted molar refractivity (Wildman–Crippen MR) is 114 cm³/mol. The molecule has 0 saturated heterocycles. The quantitative estimate of drug-likeness (QED) is 0.358. The van der Waals surface area contributed by atoms with Gasteiger partial charge in [-0.2, -0.15) is 0 Å². The number of rotatable bonds is 7. The van der Waals surface area contributed by atoms with Crippen LogP contribution in [-0.4, -0.2) is 27.3 Å². The minimum absolute atomic E-state index is 0.0869. The number of carbonyl (C=O) groups excluding carboxylic acids is 1. The zero-order chi connectivity index (χ0) is 21.8. The number of methoxy groups -OCH3 is 1. The number of aromatic nitrogens is 2. The Morgan fingerprint density at radius 2 is 2.03 bits per heavy atom. The van der Waals surface area contributed by atoms with Crippen molar-refractivity contribution in [1.29, 1.82) is 0 Å². The molecule has 1 amide bonds. The molecular formula is C22H18N4O5. The van der Waals surface area contributed by atoms with E-state index in [0.29, 0.717) is 11.4 Å². The second-order valence-corrected chi connectivity index (χ2v) is 6.61. The summed E-state index contributed by atoms with van der Waals surface area (Å²) in [7, 11) is 1.33. The van der Waals surface area contributed by atoms with Crippen LogP contribution in [0.2, 0.25) is 0 Å². The number of imidazole rings is 1. The smallest absolute Gasteiger partial charge is 0.311 e. The molecule has 0 atom stereocenters. The van der Waals surface area contributed by atoms with Gasteiger partial charge in [0.2, 0.25) is 0 Å².